The minimum atomic E-state index is -0.233. The number of hydrogen-bond acceptors (Lipinski definition) is 2. The molecule has 0 fully saturated rings. The van der Waals surface area contributed by atoms with Gasteiger partial charge in [-0.1, -0.05) is 172 Å². The normalized spacial score (nSPS) is 13.0. The molecule has 0 amide bonds. The molecule has 9 aromatic carbocycles. The quantitative estimate of drug-likeness (QED) is 0.170. The SMILES string of the molecule is CC1(C)c2ccccc2N(c2c(N(c3ccc(-c4ccccc4)cc3)c3ccc4ccccc4c3)ccc3ccccc23)c2ccc(-c3ccccc3)cc21. The van der Waals surface area contributed by atoms with E-state index in [1.54, 1.807) is 0 Å². The monoisotopic (exact) mass is 704 g/mol. The zero-order valence-corrected chi connectivity index (χ0v) is 31.0. The summed E-state index contributed by atoms with van der Waals surface area (Å²) in [4.78, 5) is 4.98. The molecular weight excluding hydrogens is 665 g/mol. The summed E-state index contributed by atoms with van der Waals surface area (Å²) < 4.78 is 0. The van der Waals surface area contributed by atoms with Gasteiger partial charge in [0.05, 0.1) is 22.7 Å². The van der Waals surface area contributed by atoms with Gasteiger partial charge in [-0.2, -0.15) is 0 Å². The lowest BCUT2D eigenvalue weighted by Gasteiger charge is -2.44. The Labute approximate surface area is 323 Å². The first-order valence-corrected chi connectivity index (χ1v) is 19.1. The molecule has 1 aliphatic heterocycles. The lowest BCUT2D eigenvalue weighted by molar-refractivity contribution is 0.632. The van der Waals surface area contributed by atoms with E-state index >= 15 is 0 Å². The molecule has 0 radical (unpaired) electrons. The van der Waals surface area contributed by atoms with Crippen LogP contribution in [0.3, 0.4) is 0 Å². The molecular formula is C53H40N2. The zero-order chi connectivity index (χ0) is 36.9. The van der Waals surface area contributed by atoms with Crippen molar-refractivity contribution < 1.29 is 0 Å². The predicted octanol–water partition coefficient (Wildman–Crippen LogP) is 14.9. The van der Waals surface area contributed by atoms with Crippen molar-refractivity contribution in [2.24, 2.45) is 0 Å². The first kappa shape index (κ1) is 32.7. The standard InChI is InChI=1S/C53H40N2/c1-53(2)47-23-13-14-24-49(47)55(50-33-29-43(36-48(50)53)38-17-7-4-8-18-38)52-46-22-12-11-20-41(46)28-34-51(52)54(45-32-27-39-19-9-10-21-42(39)35-45)44-30-25-40(26-31-44)37-15-5-3-6-16-37/h3-36H,1-2H3. The van der Waals surface area contributed by atoms with E-state index in [4.69, 9.17) is 0 Å². The molecule has 9 aromatic rings. The van der Waals surface area contributed by atoms with Gasteiger partial charge in [0.15, 0.2) is 0 Å². The van der Waals surface area contributed by atoms with Gasteiger partial charge < -0.3 is 9.80 Å². The maximum absolute atomic E-state index is 2.54. The van der Waals surface area contributed by atoms with Gasteiger partial charge >= 0.3 is 0 Å². The highest BCUT2D eigenvalue weighted by atomic mass is 15.2. The highest BCUT2D eigenvalue weighted by Crippen LogP contribution is 2.57. The average Bonchev–Trinajstić information content (AvgIpc) is 3.25. The van der Waals surface area contributed by atoms with E-state index in [1.165, 1.54) is 66.3 Å². The summed E-state index contributed by atoms with van der Waals surface area (Å²) in [6, 6.07) is 75.3. The zero-order valence-electron chi connectivity index (χ0n) is 31.0. The molecule has 0 atom stereocenters. The molecule has 0 bridgehead atoms. The molecule has 1 heterocycles. The summed E-state index contributed by atoms with van der Waals surface area (Å²) in [5.74, 6) is 0. The van der Waals surface area contributed by atoms with E-state index in [1.807, 2.05) is 0 Å². The fraction of sp³-hybridized carbons (Fsp3) is 0.0566. The molecule has 0 N–H and O–H groups in total. The van der Waals surface area contributed by atoms with Crippen molar-refractivity contribution in [1.29, 1.82) is 0 Å². The Kier molecular flexibility index (Phi) is 7.85. The second kappa shape index (κ2) is 13.2. The molecule has 10 rings (SSSR count). The van der Waals surface area contributed by atoms with Crippen LogP contribution in [0, 0.1) is 0 Å². The second-order valence-corrected chi connectivity index (χ2v) is 15.0. The van der Waals surface area contributed by atoms with E-state index in [0.29, 0.717) is 0 Å². The Bertz CT molecular complexity index is 2840. The highest BCUT2D eigenvalue weighted by molar-refractivity contribution is 6.09. The average molecular weight is 705 g/mol. The van der Waals surface area contributed by atoms with Gasteiger partial charge in [-0.3, -0.25) is 0 Å². The highest BCUT2D eigenvalue weighted by Gasteiger charge is 2.38. The Morgan fingerprint density at radius 3 is 1.69 bits per heavy atom. The van der Waals surface area contributed by atoms with Crippen molar-refractivity contribution in [1.82, 2.24) is 0 Å². The van der Waals surface area contributed by atoms with Gasteiger partial charge in [-0.25, -0.2) is 0 Å². The first-order chi connectivity index (χ1) is 27.0. The third-order valence-electron chi connectivity index (χ3n) is 11.4. The molecule has 55 heavy (non-hydrogen) atoms. The second-order valence-electron chi connectivity index (χ2n) is 15.0. The lowest BCUT2D eigenvalue weighted by atomic mass is 9.72. The number of hydrogen-bond donors (Lipinski definition) is 0. The molecule has 0 aromatic heterocycles. The molecule has 0 aliphatic carbocycles. The maximum atomic E-state index is 2.54. The summed E-state index contributed by atoms with van der Waals surface area (Å²) in [5, 5.41) is 4.82. The number of benzene rings is 9. The van der Waals surface area contributed by atoms with Crippen LogP contribution in [-0.2, 0) is 5.41 Å². The van der Waals surface area contributed by atoms with Crippen LogP contribution in [-0.4, -0.2) is 0 Å². The largest absolute Gasteiger partial charge is 0.308 e. The fourth-order valence-corrected chi connectivity index (χ4v) is 8.59. The number of rotatable bonds is 6. The van der Waals surface area contributed by atoms with Crippen LogP contribution in [0.5, 0.6) is 0 Å². The minimum Gasteiger partial charge on any atom is -0.308 e. The van der Waals surface area contributed by atoms with Crippen LogP contribution < -0.4 is 9.80 Å². The first-order valence-electron chi connectivity index (χ1n) is 19.1. The van der Waals surface area contributed by atoms with Gasteiger partial charge in [-0.05, 0) is 98.1 Å². The van der Waals surface area contributed by atoms with E-state index in [2.05, 4.69) is 230 Å². The topological polar surface area (TPSA) is 6.48 Å². The Morgan fingerprint density at radius 1 is 0.382 bits per heavy atom. The summed E-state index contributed by atoms with van der Waals surface area (Å²) in [7, 11) is 0. The summed E-state index contributed by atoms with van der Waals surface area (Å²) >= 11 is 0. The van der Waals surface area contributed by atoms with Crippen LogP contribution in [0.2, 0.25) is 0 Å². The van der Waals surface area contributed by atoms with Crippen LogP contribution in [0.4, 0.5) is 34.1 Å². The van der Waals surface area contributed by atoms with Crippen LogP contribution in [0.15, 0.2) is 206 Å². The Balaban J connectivity index is 1.26. The van der Waals surface area contributed by atoms with Crippen LogP contribution in [0.1, 0.15) is 25.0 Å². The summed E-state index contributed by atoms with van der Waals surface area (Å²) in [5.41, 5.74) is 14.1. The van der Waals surface area contributed by atoms with E-state index in [-0.39, 0.29) is 5.41 Å². The lowest BCUT2D eigenvalue weighted by Crippen LogP contribution is -2.31. The Hall–Kier alpha value is -6.90. The van der Waals surface area contributed by atoms with Gasteiger partial charge in [-0.15, -0.1) is 0 Å². The van der Waals surface area contributed by atoms with E-state index in [9.17, 15) is 0 Å². The van der Waals surface area contributed by atoms with E-state index < -0.39 is 0 Å². The van der Waals surface area contributed by atoms with Crippen molar-refractivity contribution in [3.8, 4) is 22.3 Å². The fourth-order valence-electron chi connectivity index (χ4n) is 8.59. The van der Waals surface area contributed by atoms with Crippen LogP contribution >= 0.6 is 0 Å². The van der Waals surface area contributed by atoms with Crippen molar-refractivity contribution >= 4 is 55.7 Å². The molecule has 1 aliphatic rings. The van der Waals surface area contributed by atoms with Gasteiger partial charge in [0.25, 0.3) is 0 Å². The predicted molar refractivity (Wildman–Crippen MR) is 234 cm³/mol. The van der Waals surface area contributed by atoms with Gasteiger partial charge in [0.1, 0.15) is 0 Å². The van der Waals surface area contributed by atoms with Crippen LogP contribution in [0.25, 0.3) is 43.8 Å². The minimum absolute atomic E-state index is 0.233. The third-order valence-corrected chi connectivity index (χ3v) is 11.4. The van der Waals surface area contributed by atoms with Gasteiger partial charge in [0, 0.05) is 22.2 Å². The molecule has 0 saturated heterocycles. The van der Waals surface area contributed by atoms with Crippen molar-refractivity contribution in [2.45, 2.75) is 19.3 Å². The molecule has 0 saturated carbocycles. The number of fused-ring (bicyclic) bond motifs is 4. The number of anilines is 6. The summed E-state index contributed by atoms with van der Waals surface area (Å²) in [6.45, 7) is 4.74. The molecule has 262 valence electrons. The summed E-state index contributed by atoms with van der Waals surface area (Å²) in [6.07, 6.45) is 0. The number of nitrogens with zero attached hydrogens (tertiary/aromatic N) is 2. The Morgan fingerprint density at radius 2 is 0.927 bits per heavy atom. The molecule has 2 heteroatoms. The smallest absolute Gasteiger partial charge is 0.0781 e. The van der Waals surface area contributed by atoms with Crippen molar-refractivity contribution in [2.75, 3.05) is 9.80 Å². The third kappa shape index (κ3) is 5.57. The van der Waals surface area contributed by atoms with Gasteiger partial charge in [0.2, 0.25) is 0 Å². The molecule has 0 unspecified atom stereocenters. The maximum Gasteiger partial charge on any atom is 0.0781 e. The van der Waals surface area contributed by atoms with Crippen molar-refractivity contribution in [3.05, 3.63) is 217 Å². The van der Waals surface area contributed by atoms with Crippen molar-refractivity contribution in [3.63, 3.8) is 0 Å². The number of para-hydroxylation sites is 1. The van der Waals surface area contributed by atoms with E-state index in [0.717, 1.165) is 22.7 Å². The molecule has 2 nitrogen and oxygen atoms in total. The molecule has 0 spiro atoms.